The fraction of sp³-hybridized carbons (Fsp3) is 0.440. The molecule has 3 saturated heterocycles. The van der Waals surface area contributed by atoms with Gasteiger partial charge in [-0.2, -0.15) is 0 Å². The number of benzene rings is 2. The van der Waals surface area contributed by atoms with Gasteiger partial charge >= 0.3 is 6.03 Å². The number of urea groups is 1. The molecule has 0 saturated carbocycles. The summed E-state index contributed by atoms with van der Waals surface area (Å²) in [7, 11) is 1.79. The minimum absolute atomic E-state index is 0.116. The molecule has 168 valence electrons. The average Bonchev–Trinajstić information content (AvgIpc) is 3.15. The smallest absolute Gasteiger partial charge is 0.328 e. The maximum atomic E-state index is 13.7. The third-order valence-electron chi connectivity index (χ3n) is 7.01. The lowest BCUT2D eigenvalue weighted by Gasteiger charge is -2.46. The van der Waals surface area contributed by atoms with E-state index in [1.807, 2.05) is 31.2 Å². The van der Waals surface area contributed by atoms with Gasteiger partial charge in [-0.05, 0) is 48.6 Å². The second kappa shape index (κ2) is 7.90. The van der Waals surface area contributed by atoms with Crippen LogP contribution in [0.5, 0.6) is 0 Å². The normalized spacial score (nSPS) is 28.2. The van der Waals surface area contributed by atoms with Crippen molar-refractivity contribution < 1.29 is 9.59 Å². The molecule has 3 aliphatic heterocycles. The molecule has 3 fully saturated rings. The van der Waals surface area contributed by atoms with Gasteiger partial charge in [0.15, 0.2) is 0 Å². The Kier molecular flexibility index (Phi) is 5.18. The number of nitrogens with one attached hydrogen (secondary N) is 1. The van der Waals surface area contributed by atoms with Crippen LogP contribution in [0, 0.1) is 19.8 Å². The van der Waals surface area contributed by atoms with Gasteiger partial charge in [-0.3, -0.25) is 19.9 Å². The van der Waals surface area contributed by atoms with Crippen LogP contribution >= 0.6 is 0 Å². The van der Waals surface area contributed by atoms with Crippen LogP contribution in [0.2, 0.25) is 0 Å². The van der Waals surface area contributed by atoms with Crippen molar-refractivity contribution in [3.63, 3.8) is 0 Å². The van der Waals surface area contributed by atoms with Crippen molar-refractivity contribution in [2.75, 3.05) is 25.0 Å². The Labute approximate surface area is 189 Å². The van der Waals surface area contributed by atoms with Crippen molar-refractivity contribution in [2.24, 2.45) is 5.92 Å². The topological polar surface area (TPSA) is 59.1 Å². The number of anilines is 1. The molecule has 0 spiro atoms. The number of hydrogen-bond acceptors (Lipinski definition) is 5. The quantitative estimate of drug-likeness (QED) is 0.807. The molecule has 4 atom stereocenters. The second-order valence-corrected chi connectivity index (χ2v) is 9.47. The molecule has 0 aromatic heterocycles. The maximum Gasteiger partial charge on any atom is 0.328 e. The lowest BCUT2D eigenvalue weighted by Crippen LogP contribution is -2.66. The number of amides is 3. The minimum Gasteiger partial charge on any atom is -0.343 e. The van der Waals surface area contributed by atoms with Gasteiger partial charge in [0.25, 0.3) is 5.91 Å². The van der Waals surface area contributed by atoms with E-state index in [2.05, 4.69) is 53.2 Å². The first-order chi connectivity index (χ1) is 15.3. The average molecular weight is 434 g/mol. The van der Waals surface area contributed by atoms with Crippen molar-refractivity contribution in [3.8, 4) is 0 Å². The molecule has 7 heteroatoms. The second-order valence-electron chi connectivity index (χ2n) is 9.47. The summed E-state index contributed by atoms with van der Waals surface area (Å²) >= 11 is 0. The summed E-state index contributed by atoms with van der Waals surface area (Å²) in [5.74, 6) is 0.280. The Morgan fingerprint density at radius 3 is 2.56 bits per heavy atom. The number of rotatable bonds is 3. The highest BCUT2D eigenvalue weighted by molar-refractivity contribution is 6.00. The van der Waals surface area contributed by atoms with E-state index in [0.717, 1.165) is 29.9 Å². The van der Waals surface area contributed by atoms with Crippen molar-refractivity contribution >= 4 is 17.6 Å². The molecule has 0 bridgehead atoms. The Morgan fingerprint density at radius 1 is 1.03 bits per heavy atom. The number of carbonyl (C=O) groups excluding carboxylic acids is 2. The Hall–Kier alpha value is -2.90. The SMILES string of the molecule is Cc1cccc(N2CC(C)CN3C4C(=O)N(Cc5ccccc5C)C(=O)N(C)C4NC23)c1. The third-order valence-corrected chi connectivity index (χ3v) is 7.01. The summed E-state index contributed by atoms with van der Waals surface area (Å²) in [5.41, 5.74) is 4.42. The first-order valence-corrected chi connectivity index (χ1v) is 11.3. The van der Waals surface area contributed by atoms with Crippen LogP contribution in [-0.2, 0) is 11.3 Å². The van der Waals surface area contributed by atoms with Crippen molar-refractivity contribution in [1.82, 2.24) is 20.0 Å². The highest BCUT2D eigenvalue weighted by atomic mass is 16.2. The van der Waals surface area contributed by atoms with E-state index in [1.165, 1.54) is 10.5 Å². The molecule has 2 aromatic carbocycles. The lowest BCUT2D eigenvalue weighted by molar-refractivity contribution is -0.139. The van der Waals surface area contributed by atoms with Crippen molar-refractivity contribution in [1.29, 1.82) is 0 Å². The summed E-state index contributed by atoms with van der Waals surface area (Å²) in [6, 6.07) is 15.7. The zero-order chi connectivity index (χ0) is 22.6. The van der Waals surface area contributed by atoms with Gasteiger partial charge in [0, 0.05) is 25.8 Å². The summed E-state index contributed by atoms with van der Waals surface area (Å²) in [6.07, 6.45) is -0.466. The van der Waals surface area contributed by atoms with Gasteiger partial charge in [-0.15, -0.1) is 0 Å². The Morgan fingerprint density at radius 2 is 1.81 bits per heavy atom. The van der Waals surface area contributed by atoms with Crippen LogP contribution in [0.4, 0.5) is 10.5 Å². The van der Waals surface area contributed by atoms with E-state index in [9.17, 15) is 9.59 Å². The number of nitrogens with zero attached hydrogens (tertiary/aromatic N) is 4. The fourth-order valence-electron chi connectivity index (χ4n) is 5.33. The highest BCUT2D eigenvalue weighted by Gasteiger charge is 2.56. The van der Waals surface area contributed by atoms with Gasteiger partial charge < -0.3 is 9.80 Å². The lowest BCUT2D eigenvalue weighted by atomic mass is 10.0. The number of imide groups is 1. The van der Waals surface area contributed by atoms with Crippen LogP contribution in [0.3, 0.4) is 0 Å². The summed E-state index contributed by atoms with van der Waals surface area (Å²) < 4.78 is 0. The fourth-order valence-corrected chi connectivity index (χ4v) is 5.33. The summed E-state index contributed by atoms with van der Waals surface area (Å²) in [4.78, 5) is 34.6. The minimum atomic E-state index is -0.401. The van der Waals surface area contributed by atoms with E-state index >= 15 is 0 Å². The van der Waals surface area contributed by atoms with Gasteiger partial charge in [0.1, 0.15) is 18.5 Å². The largest absolute Gasteiger partial charge is 0.343 e. The number of aryl methyl sites for hydroxylation is 2. The molecule has 2 aromatic rings. The summed E-state index contributed by atoms with van der Waals surface area (Å²) in [6.45, 7) is 8.34. The van der Waals surface area contributed by atoms with Gasteiger partial charge in [-0.25, -0.2) is 4.79 Å². The van der Waals surface area contributed by atoms with Crippen molar-refractivity contribution in [3.05, 3.63) is 65.2 Å². The van der Waals surface area contributed by atoms with Crippen LogP contribution < -0.4 is 10.2 Å². The molecule has 1 N–H and O–H groups in total. The molecule has 4 unspecified atom stereocenters. The van der Waals surface area contributed by atoms with Crippen LogP contribution in [-0.4, -0.2) is 65.3 Å². The predicted molar refractivity (Wildman–Crippen MR) is 124 cm³/mol. The Bertz CT molecular complexity index is 1060. The molecule has 0 radical (unpaired) electrons. The Balaban J connectivity index is 1.47. The molecule has 5 rings (SSSR count). The first-order valence-electron chi connectivity index (χ1n) is 11.3. The molecule has 3 heterocycles. The van der Waals surface area contributed by atoms with Crippen LogP contribution in [0.1, 0.15) is 23.6 Å². The van der Waals surface area contributed by atoms with Crippen LogP contribution in [0.15, 0.2) is 48.5 Å². The summed E-state index contributed by atoms with van der Waals surface area (Å²) in [5, 5.41) is 3.60. The van der Waals surface area contributed by atoms with E-state index in [4.69, 9.17) is 0 Å². The number of fused-ring (bicyclic) bond motifs is 3. The van der Waals surface area contributed by atoms with Gasteiger partial charge in [0.05, 0.1) is 6.54 Å². The molecular weight excluding hydrogens is 402 g/mol. The molecule has 7 nitrogen and oxygen atoms in total. The van der Waals surface area contributed by atoms with Crippen LogP contribution in [0.25, 0.3) is 0 Å². The van der Waals surface area contributed by atoms with Gasteiger partial charge in [0.2, 0.25) is 0 Å². The molecule has 32 heavy (non-hydrogen) atoms. The number of hydrogen-bond donors (Lipinski definition) is 1. The van der Waals surface area contributed by atoms with E-state index in [0.29, 0.717) is 12.5 Å². The van der Waals surface area contributed by atoms with E-state index in [-0.39, 0.29) is 24.4 Å². The standard InChI is InChI=1S/C25H31N5O2/c1-16-8-7-11-20(12-16)28-13-17(2)14-29-21-22(26-24(28)29)27(4)25(32)30(23(21)31)15-19-10-6-5-9-18(19)3/h5-12,17,21-22,24,26H,13-15H2,1-4H3. The number of carbonyl (C=O) groups is 2. The maximum absolute atomic E-state index is 13.7. The zero-order valence-corrected chi connectivity index (χ0v) is 19.2. The molecule has 3 amide bonds. The zero-order valence-electron chi connectivity index (χ0n) is 19.2. The van der Waals surface area contributed by atoms with E-state index < -0.39 is 6.04 Å². The van der Waals surface area contributed by atoms with Gasteiger partial charge in [-0.1, -0.05) is 43.3 Å². The highest BCUT2D eigenvalue weighted by Crippen LogP contribution is 2.35. The third kappa shape index (κ3) is 3.36. The molecule has 0 aliphatic carbocycles. The monoisotopic (exact) mass is 433 g/mol. The molecule has 3 aliphatic rings. The van der Waals surface area contributed by atoms with E-state index in [1.54, 1.807) is 11.9 Å². The predicted octanol–water partition coefficient (Wildman–Crippen LogP) is 2.74. The van der Waals surface area contributed by atoms with Crippen molar-refractivity contribution in [2.45, 2.75) is 45.8 Å². The number of likely N-dealkylation sites (N-methyl/N-ethyl adjacent to an activating group) is 1. The first kappa shape index (κ1) is 21.0. The molecular formula is C25H31N5O2.